The predicted molar refractivity (Wildman–Crippen MR) is 79.6 cm³/mol. The van der Waals surface area contributed by atoms with Crippen molar-refractivity contribution in [3.8, 4) is 0 Å². The van der Waals surface area contributed by atoms with Crippen molar-refractivity contribution in [3.63, 3.8) is 0 Å². The highest BCUT2D eigenvalue weighted by Gasteiger charge is 2.19. The summed E-state index contributed by atoms with van der Waals surface area (Å²) < 4.78 is 47.4. The summed E-state index contributed by atoms with van der Waals surface area (Å²) in [6, 6.07) is 4.52. The van der Waals surface area contributed by atoms with Crippen molar-refractivity contribution in [2.24, 2.45) is 0 Å². The molecule has 0 amide bonds. The Bertz CT molecular complexity index is 653. The van der Waals surface area contributed by atoms with E-state index in [4.69, 9.17) is 5.73 Å². The lowest BCUT2D eigenvalue weighted by Gasteiger charge is -2.08. The number of hydrogen-bond acceptors (Lipinski definition) is 5. The molecule has 19 heavy (non-hydrogen) atoms. The minimum atomic E-state index is -3.55. The zero-order valence-corrected chi connectivity index (χ0v) is 13.7. The second-order valence-electron chi connectivity index (χ2n) is 4.09. The first-order chi connectivity index (χ1) is 8.68. The minimum Gasteiger partial charge on any atom is -0.398 e. The first-order valence-electron chi connectivity index (χ1n) is 5.66. The maximum absolute atomic E-state index is 12.0. The van der Waals surface area contributed by atoms with Crippen LogP contribution in [-0.4, -0.2) is 34.1 Å². The van der Waals surface area contributed by atoms with Gasteiger partial charge in [0.1, 0.15) is 9.84 Å². The third kappa shape index (κ3) is 4.77. The number of halogens is 1. The van der Waals surface area contributed by atoms with E-state index in [1.165, 1.54) is 19.1 Å². The molecule has 0 aromatic heterocycles. The number of sulfone groups is 2. The lowest BCUT2D eigenvalue weighted by atomic mass is 10.3. The van der Waals surface area contributed by atoms with Crippen LogP contribution in [0.1, 0.15) is 13.3 Å². The van der Waals surface area contributed by atoms with Gasteiger partial charge >= 0.3 is 0 Å². The fraction of sp³-hybridized carbons (Fsp3) is 0.455. The molecule has 0 aliphatic rings. The number of nitrogen functional groups attached to an aromatic ring is 1. The Balaban J connectivity index is 2.82. The molecule has 0 unspecified atom stereocenters. The first-order valence-corrected chi connectivity index (χ1v) is 9.93. The van der Waals surface area contributed by atoms with E-state index in [1.54, 1.807) is 6.07 Å². The van der Waals surface area contributed by atoms with Crippen LogP contribution in [0.5, 0.6) is 0 Å². The average molecular weight is 370 g/mol. The number of hydrogen-bond donors (Lipinski definition) is 1. The highest BCUT2D eigenvalue weighted by Crippen LogP contribution is 2.24. The number of nitrogens with two attached hydrogens (primary N) is 1. The smallest absolute Gasteiger partial charge is 0.180 e. The zero-order chi connectivity index (χ0) is 14.7. The van der Waals surface area contributed by atoms with Crippen LogP contribution in [0.3, 0.4) is 0 Å². The van der Waals surface area contributed by atoms with E-state index in [1.807, 2.05) is 0 Å². The van der Waals surface area contributed by atoms with E-state index in [9.17, 15) is 16.8 Å². The van der Waals surface area contributed by atoms with Crippen LogP contribution in [0.15, 0.2) is 27.6 Å². The molecule has 0 aliphatic heterocycles. The molecule has 0 atom stereocenters. The summed E-state index contributed by atoms with van der Waals surface area (Å²) in [5.74, 6) is -0.329. The van der Waals surface area contributed by atoms with Crippen LogP contribution in [0, 0.1) is 0 Å². The fourth-order valence-electron chi connectivity index (χ4n) is 1.53. The van der Waals surface area contributed by atoms with Gasteiger partial charge < -0.3 is 5.73 Å². The molecule has 0 spiro atoms. The monoisotopic (exact) mass is 369 g/mol. The van der Waals surface area contributed by atoms with Gasteiger partial charge in [0.15, 0.2) is 9.84 Å². The molecule has 0 bridgehead atoms. The van der Waals surface area contributed by atoms with Crippen LogP contribution < -0.4 is 5.73 Å². The summed E-state index contributed by atoms with van der Waals surface area (Å²) in [7, 11) is -6.69. The molecule has 8 heteroatoms. The first kappa shape index (κ1) is 16.5. The number of anilines is 1. The quantitative estimate of drug-likeness (QED) is 0.768. The fourth-order valence-corrected chi connectivity index (χ4v) is 4.40. The predicted octanol–water partition coefficient (Wildman–Crippen LogP) is 1.63. The van der Waals surface area contributed by atoms with E-state index in [2.05, 4.69) is 15.9 Å². The van der Waals surface area contributed by atoms with Gasteiger partial charge in [-0.15, -0.1) is 0 Å². The Morgan fingerprint density at radius 3 is 2.32 bits per heavy atom. The van der Waals surface area contributed by atoms with Crippen molar-refractivity contribution < 1.29 is 16.8 Å². The Morgan fingerprint density at radius 1 is 1.16 bits per heavy atom. The molecule has 1 aromatic carbocycles. The summed E-state index contributed by atoms with van der Waals surface area (Å²) in [5.41, 5.74) is 5.82. The normalized spacial score (nSPS) is 12.5. The Hall–Kier alpha value is -0.600. The number of benzene rings is 1. The Labute approximate surface area is 122 Å². The maximum Gasteiger partial charge on any atom is 0.180 e. The topological polar surface area (TPSA) is 94.3 Å². The highest BCUT2D eigenvalue weighted by atomic mass is 79.9. The summed E-state index contributed by atoms with van der Waals surface area (Å²) in [6.45, 7) is 1.54. The van der Waals surface area contributed by atoms with Crippen LogP contribution in [0.2, 0.25) is 0 Å². The van der Waals surface area contributed by atoms with Gasteiger partial charge in [-0.25, -0.2) is 16.8 Å². The largest absolute Gasteiger partial charge is 0.398 e. The van der Waals surface area contributed by atoms with E-state index < -0.39 is 19.7 Å². The van der Waals surface area contributed by atoms with E-state index in [0.29, 0.717) is 4.47 Å². The van der Waals surface area contributed by atoms with Crippen molar-refractivity contribution in [1.82, 2.24) is 0 Å². The second-order valence-corrected chi connectivity index (χ2v) is 9.56. The van der Waals surface area contributed by atoms with Crippen LogP contribution >= 0.6 is 15.9 Å². The van der Waals surface area contributed by atoms with Gasteiger partial charge in [-0.3, -0.25) is 0 Å². The molecule has 5 nitrogen and oxygen atoms in total. The van der Waals surface area contributed by atoms with Crippen LogP contribution in [0.4, 0.5) is 5.69 Å². The maximum atomic E-state index is 12.0. The van der Waals surface area contributed by atoms with Crippen LogP contribution in [0.25, 0.3) is 0 Å². The van der Waals surface area contributed by atoms with E-state index in [-0.39, 0.29) is 34.3 Å². The van der Waals surface area contributed by atoms with Crippen molar-refractivity contribution in [3.05, 3.63) is 22.7 Å². The lowest BCUT2D eigenvalue weighted by molar-refractivity contribution is 0.590. The number of rotatable bonds is 6. The van der Waals surface area contributed by atoms with Crippen molar-refractivity contribution in [1.29, 1.82) is 0 Å². The molecular formula is C11H16BrNO4S2. The van der Waals surface area contributed by atoms with Gasteiger partial charge in [0.05, 0.1) is 22.1 Å². The van der Waals surface area contributed by atoms with E-state index in [0.717, 1.165) is 0 Å². The van der Waals surface area contributed by atoms with Gasteiger partial charge in [-0.1, -0.05) is 22.9 Å². The molecule has 0 heterocycles. The summed E-state index contributed by atoms with van der Waals surface area (Å²) in [6.07, 6.45) is 0.0774. The SMILES string of the molecule is CCS(=O)(=O)CCCS(=O)(=O)c1ccc(Br)cc1N. The van der Waals surface area contributed by atoms with Crippen molar-refractivity contribution >= 4 is 41.3 Å². The molecule has 0 saturated carbocycles. The molecule has 1 aromatic rings. The molecule has 0 aliphatic carbocycles. The molecule has 2 N–H and O–H groups in total. The Kier molecular flexibility index (Phi) is 5.40. The van der Waals surface area contributed by atoms with Crippen molar-refractivity contribution in [2.75, 3.05) is 23.0 Å². The molecule has 0 radical (unpaired) electrons. The van der Waals surface area contributed by atoms with Gasteiger partial charge in [-0.05, 0) is 24.6 Å². The molecule has 0 fully saturated rings. The van der Waals surface area contributed by atoms with E-state index >= 15 is 0 Å². The molecule has 0 saturated heterocycles. The lowest BCUT2D eigenvalue weighted by Crippen LogP contribution is -2.15. The molecular weight excluding hydrogens is 354 g/mol. The summed E-state index contributed by atoms with van der Waals surface area (Å²) >= 11 is 3.20. The van der Waals surface area contributed by atoms with Crippen molar-refractivity contribution in [2.45, 2.75) is 18.2 Å². The Morgan fingerprint density at radius 2 is 1.79 bits per heavy atom. The van der Waals surface area contributed by atoms with Gasteiger partial charge in [0.2, 0.25) is 0 Å². The second kappa shape index (κ2) is 6.23. The molecule has 1 rings (SSSR count). The standard InChI is InChI=1S/C11H16BrNO4S2/c1-2-18(14,15)6-3-7-19(16,17)11-5-4-9(12)8-10(11)13/h4-5,8H,2-3,6-7,13H2,1H3. The van der Waals surface area contributed by atoms with Crippen LogP contribution in [-0.2, 0) is 19.7 Å². The third-order valence-corrected chi connectivity index (χ3v) is 6.77. The third-order valence-electron chi connectivity index (χ3n) is 2.62. The molecule has 108 valence electrons. The minimum absolute atomic E-state index is 0.0213. The van der Waals surface area contributed by atoms with Gasteiger partial charge in [-0.2, -0.15) is 0 Å². The highest BCUT2D eigenvalue weighted by molar-refractivity contribution is 9.10. The van der Waals surface area contributed by atoms with Gasteiger partial charge in [0.25, 0.3) is 0 Å². The van der Waals surface area contributed by atoms with Gasteiger partial charge in [0, 0.05) is 10.2 Å². The summed E-state index contributed by atoms with van der Waals surface area (Å²) in [5, 5.41) is 0. The summed E-state index contributed by atoms with van der Waals surface area (Å²) in [4.78, 5) is 0.0459. The average Bonchev–Trinajstić information content (AvgIpc) is 2.27. The zero-order valence-electron chi connectivity index (χ0n) is 10.5.